The van der Waals surface area contributed by atoms with Gasteiger partial charge in [0.2, 0.25) is 0 Å². The van der Waals surface area contributed by atoms with E-state index in [1.807, 2.05) is 61.7 Å². The molecule has 0 saturated heterocycles. The largest absolute Gasteiger partial charge is 0.467 e. The van der Waals surface area contributed by atoms with Crippen molar-refractivity contribution in [3.05, 3.63) is 75.9 Å². The molecule has 0 spiro atoms. The van der Waals surface area contributed by atoms with Gasteiger partial charge in [0.15, 0.2) is 0 Å². The number of carbonyl (C=O) groups is 1. The monoisotopic (exact) mass is 354 g/mol. The van der Waals surface area contributed by atoms with E-state index >= 15 is 0 Å². The fraction of sp³-hybridized carbons (Fsp3) is 0.250. The summed E-state index contributed by atoms with van der Waals surface area (Å²) in [6, 6.07) is 13.5. The summed E-state index contributed by atoms with van der Waals surface area (Å²) < 4.78 is 5.45. The van der Waals surface area contributed by atoms with E-state index in [1.54, 1.807) is 22.5 Å². The second kappa shape index (κ2) is 7.57. The number of furan rings is 1. The molecule has 0 aliphatic heterocycles. The predicted octanol–water partition coefficient (Wildman–Crippen LogP) is 5.75. The van der Waals surface area contributed by atoms with Crippen LogP contribution in [0.4, 0.5) is 10.5 Å². The number of urea groups is 1. The summed E-state index contributed by atoms with van der Waals surface area (Å²) in [7, 11) is 0. The minimum absolute atomic E-state index is 0.0448. The molecular formula is C20H22N2O2S. The Kier molecular flexibility index (Phi) is 5.24. The summed E-state index contributed by atoms with van der Waals surface area (Å²) in [6.45, 7) is 6.56. The highest BCUT2D eigenvalue weighted by atomic mass is 32.1. The van der Waals surface area contributed by atoms with Crippen molar-refractivity contribution in [2.45, 2.75) is 33.4 Å². The highest BCUT2D eigenvalue weighted by molar-refractivity contribution is 7.10. The number of amides is 2. The molecule has 1 N–H and O–H groups in total. The van der Waals surface area contributed by atoms with E-state index in [9.17, 15) is 4.79 Å². The van der Waals surface area contributed by atoms with E-state index < -0.39 is 0 Å². The molecule has 0 aliphatic rings. The molecule has 5 heteroatoms. The minimum Gasteiger partial charge on any atom is -0.467 e. The Morgan fingerprint density at radius 1 is 1.20 bits per heavy atom. The van der Waals surface area contributed by atoms with Gasteiger partial charge in [-0.3, -0.25) is 0 Å². The lowest BCUT2D eigenvalue weighted by Crippen LogP contribution is -2.36. The Hall–Kier alpha value is -2.53. The fourth-order valence-corrected chi connectivity index (χ4v) is 3.45. The van der Waals surface area contributed by atoms with Crippen LogP contribution in [0.1, 0.15) is 34.7 Å². The molecule has 3 rings (SSSR count). The molecule has 1 aromatic carbocycles. The fourth-order valence-electron chi connectivity index (χ4n) is 2.65. The maximum absolute atomic E-state index is 12.9. The second-order valence-electron chi connectivity index (χ2n) is 6.13. The summed E-state index contributed by atoms with van der Waals surface area (Å²) in [6.07, 6.45) is 1.63. The van der Waals surface area contributed by atoms with Crippen LogP contribution in [0, 0.1) is 13.8 Å². The predicted molar refractivity (Wildman–Crippen MR) is 102 cm³/mol. The van der Waals surface area contributed by atoms with Gasteiger partial charge in [-0.1, -0.05) is 12.1 Å². The number of rotatable bonds is 5. The summed E-state index contributed by atoms with van der Waals surface area (Å²) in [5, 5.41) is 5.04. The number of anilines is 1. The molecule has 0 radical (unpaired) electrons. The van der Waals surface area contributed by atoms with Crippen LogP contribution in [0.25, 0.3) is 0 Å². The van der Waals surface area contributed by atoms with E-state index in [0.717, 1.165) is 21.9 Å². The Labute approximate surface area is 152 Å². The number of thiophene rings is 1. The molecule has 130 valence electrons. The minimum atomic E-state index is -0.138. The summed E-state index contributed by atoms with van der Waals surface area (Å²) >= 11 is 1.65. The number of hydrogen-bond donors (Lipinski definition) is 1. The van der Waals surface area contributed by atoms with E-state index in [2.05, 4.69) is 12.2 Å². The van der Waals surface area contributed by atoms with Gasteiger partial charge in [0.1, 0.15) is 5.76 Å². The SMILES string of the molecule is Cc1ccc(NC(=O)N(Cc2ccco2)[C@H](C)c2cccs2)cc1C. The number of nitrogens with zero attached hydrogens (tertiary/aromatic N) is 1. The third-order valence-corrected chi connectivity index (χ3v) is 5.39. The van der Waals surface area contributed by atoms with Crippen molar-refractivity contribution in [2.24, 2.45) is 0 Å². The standard InChI is InChI=1S/C20H22N2O2S/c1-14-8-9-17(12-15(14)2)21-20(23)22(13-18-6-4-10-24-18)16(3)19-7-5-11-25-19/h4-12,16H,13H2,1-3H3,(H,21,23)/t16-/m1/s1. The lowest BCUT2D eigenvalue weighted by Gasteiger charge is -2.28. The van der Waals surface area contributed by atoms with E-state index in [4.69, 9.17) is 4.42 Å². The van der Waals surface area contributed by atoms with Crippen LogP contribution in [0.2, 0.25) is 0 Å². The number of aryl methyl sites for hydroxylation is 2. The summed E-state index contributed by atoms with van der Waals surface area (Å²) in [5.74, 6) is 0.763. The molecule has 0 aliphatic carbocycles. The molecule has 0 saturated carbocycles. The van der Waals surface area contributed by atoms with Crippen molar-refractivity contribution in [2.75, 3.05) is 5.32 Å². The van der Waals surface area contributed by atoms with Crippen LogP contribution in [-0.4, -0.2) is 10.9 Å². The molecule has 0 unspecified atom stereocenters. The first-order chi connectivity index (χ1) is 12.0. The van der Waals surface area contributed by atoms with Crippen LogP contribution < -0.4 is 5.32 Å². The zero-order chi connectivity index (χ0) is 17.8. The van der Waals surface area contributed by atoms with E-state index in [1.165, 1.54) is 5.56 Å². The second-order valence-corrected chi connectivity index (χ2v) is 7.11. The first-order valence-corrected chi connectivity index (χ1v) is 9.13. The Bertz CT molecular complexity index is 826. The average molecular weight is 354 g/mol. The molecule has 2 heterocycles. The van der Waals surface area contributed by atoms with Crippen molar-refractivity contribution in [3.63, 3.8) is 0 Å². The van der Waals surface area contributed by atoms with Crippen LogP contribution >= 0.6 is 11.3 Å². The number of nitrogens with one attached hydrogen (secondary N) is 1. The zero-order valence-electron chi connectivity index (χ0n) is 14.7. The lowest BCUT2D eigenvalue weighted by atomic mass is 10.1. The number of benzene rings is 1. The van der Waals surface area contributed by atoms with Gasteiger partial charge >= 0.3 is 6.03 Å². The molecule has 2 amide bonds. The van der Waals surface area contributed by atoms with Gasteiger partial charge in [-0.15, -0.1) is 11.3 Å². The third-order valence-electron chi connectivity index (χ3n) is 4.35. The molecular weight excluding hydrogens is 332 g/mol. The van der Waals surface area contributed by atoms with Gasteiger partial charge in [0, 0.05) is 10.6 Å². The maximum atomic E-state index is 12.9. The molecule has 25 heavy (non-hydrogen) atoms. The van der Waals surface area contributed by atoms with Crippen molar-refractivity contribution in [1.82, 2.24) is 4.90 Å². The van der Waals surface area contributed by atoms with E-state index in [0.29, 0.717) is 6.54 Å². The Morgan fingerprint density at radius 2 is 2.04 bits per heavy atom. The average Bonchev–Trinajstić information content (AvgIpc) is 3.28. The van der Waals surface area contributed by atoms with Crippen molar-refractivity contribution < 1.29 is 9.21 Å². The Morgan fingerprint density at radius 3 is 2.68 bits per heavy atom. The van der Waals surface area contributed by atoms with Gasteiger partial charge in [0.25, 0.3) is 0 Å². The smallest absolute Gasteiger partial charge is 0.322 e. The summed E-state index contributed by atoms with van der Waals surface area (Å²) in [5.41, 5.74) is 3.16. The van der Waals surface area contributed by atoms with Crippen LogP contribution in [-0.2, 0) is 6.54 Å². The normalized spacial score (nSPS) is 12.0. The molecule has 3 aromatic rings. The van der Waals surface area contributed by atoms with Gasteiger partial charge in [-0.2, -0.15) is 0 Å². The van der Waals surface area contributed by atoms with Gasteiger partial charge < -0.3 is 14.6 Å². The lowest BCUT2D eigenvalue weighted by molar-refractivity contribution is 0.184. The van der Waals surface area contributed by atoms with Crippen LogP contribution in [0.3, 0.4) is 0 Å². The maximum Gasteiger partial charge on any atom is 0.322 e. The quantitative estimate of drug-likeness (QED) is 0.634. The molecule has 4 nitrogen and oxygen atoms in total. The van der Waals surface area contributed by atoms with E-state index in [-0.39, 0.29) is 12.1 Å². The van der Waals surface area contributed by atoms with Gasteiger partial charge in [-0.25, -0.2) is 4.79 Å². The molecule has 2 aromatic heterocycles. The third kappa shape index (κ3) is 4.12. The van der Waals surface area contributed by atoms with Crippen molar-refractivity contribution in [1.29, 1.82) is 0 Å². The zero-order valence-corrected chi connectivity index (χ0v) is 15.5. The Balaban J connectivity index is 1.82. The molecule has 0 bridgehead atoms. The summed E-state index contributed by atoms with van der Waals surface area (Å²) in [4.78, 5) is 15.9. The first-order valence-electron chi connectivity index (χ1n) is 8.25. The molecule has 0 fully saturated rings. The first kappa shape index (κ1) is 17.3. The highest BCUT2D eigenvalue weighted by Crippen LogP contribution is 2.27. The van der Waals surface area contributed by atoms with Crippen LogP contribution in [0.15, 0.2) is 58.5 Å². The highest BCUT2D eigenvalue weighted by Gasteiger charge is 2.23. The molecule has 1 atom stereocenters. The number of carbonyl (C=O) groups excluding carboxylic acids is 1. The van der Waals surface area contributed by atoms with Gasteiger partial charge in [-0.05, 0) is 67.6 Å². The van der Waals surface area contributed by atoms with Gasteiger partial charge in [0.05, 0.1) is 18.8 Å². The van der Waals surface area contributed by atoms with Crippen molar-refractivity contribution in [3.8, 4) is 0 Å². The topological polar surface area (TPSA) is 45.5 Å². The van der Waals surface area contributed by atoms with Crippen LogP contribution in [0.5, 0.6) is 0 Å². The van der Waals surface area contributed by atoms with Crippen molar-refractivity contribution >= 4 is 23.1 Å². The number of hydrogen-bond acceptors (Lipinski definition) is 3.